The van der Waals surface area contributed by atoms with Gasteiger partial charge in [0.15, 0.2) is 0 Å². The largest absolute Gasteiger partial charge is 0.0987 e. The number of rotatable bonds is 6. The Kier molecular flexibility index (Phi) is 7.66. The van der Waals surface area contributed by atoms with Crippen LogP contribution in [0.15, 0.2) is 121 Å². The molecule has 1 spiro atoms. The summed E-state index contributed by atoms with van der Waals surface area (Å²) in [6, 6.07) is 26.5. The summed E-state index contributed by atoms with van der Waals surface area (Å²) in [6.07, 6.45) is 10.7. The summed E-state index contributed by atoms with van der Waals surface area (Å²) >= 11 is 0. The van der Waals surface area contributed by atoms with Crippen LogP contribution in [0.25, 0.3) is 22.3 Å². The highest BCUT2D eigenvalue weighted by molar-refractivity contribution is 5.98. The molecule has 0 fully saturated rings. The fourth-order valence-corrected chi connectivity index (χ4v) is 5.89. The molecule has 0 amide bonds. The third-order valence-electron chi connectivity index (χ3n) is 7.18. The molecule has 2 aliphatic rings. The van der Waals surface area contributed by atoms with Gasteiger partial charge in [0.2, 0.25) is 0 Å². The van der Waals surface area contributed by atoms with Crippen LogP contribution in [0, 0.1) is 0 Å². The third kappa shape index (κ3) is 3.60. The van der Waals surface area contributed by atoms with Crippen molar-refractivity contribution in [3.63, 3.8) is 0 Å². The Hall–Kier alpha value is -3.64. The number of hydrogen-bond donors (Lipinski definition) is 0. The third-order valence-corrected chi connectivity index (χ3v) is 7.18. The van der Waals surface area contributed by atoms with Gasteiger partial charge in [0.1, 0.15) is 0 Å². The number of benzene rings is 3. The Morgan fingerprint density at radius 3 is 2.09 bits per heavy atom. The molecule has 1 atom stereocenters. The summed E-state index contributed by atoms with van der Waals surface area (Å²) in [5, 5.41) is 0. The molecular formula is C35H38. The summed E-state index contributed by atoms with van der Waals surface area (Å²) in [6.45, 7) is 13.0. The molecule has 0 nitrogen and oxygen atoms in total. The summed E-state index contributed by atoms with van der Waals surface area (Å²) in [5.41, 5.74) is 12.7. The monoisotopic (exact) mass is 458 g/mol. The molecule has 3 aromatic rings. The normalized spacial score (nSPS) is 17.8. The molecule has 0 saturated heterocycles. The maximum Gasteiger partial charge on any atom is 0.0722 e. The van der Waals surface area contributed by atoms with Crippen molar-refractivity contribution in [1.82, 2.24) is 0 Å². The molecule has 0 saturated carbocycles. The van der Waals surface area contributed by atoms with Gasteiger partial charge in [-0.3, -0.25) is 0 Å². The van der Waals surface area contributed by atoms with Crippen LogP contribution in [-0.4, -0.2) is 0 Å². The predicted molar refractivity (Wildman–Crippen MR) is 157 cm³/mol. The average Bonchev–Trinajstić information content (AvgIpc) is 3.32. The molecule has 0 heterocycles. The van der Waals surface area contributed by atoms with Gasteiger partial charge < -0.3 is 0 Å². The van der Waals surface area contributed by atoms with Gasteiger partial charge >= 0.3 is 0 Å². The van der Waals surface area contributed by atoms with Crippen molar-refractivity contribution >= 4 is 11.1 Å². The zero-order valence-electron chi connectivity index (χ0n) is 19.6. The number of fused-ring (bicyclic) bond motifs is 4. The van der Waals surface area contributed by atoms with Gasteiger partial charge in [-0.15, -0.1) is 0 Å². The van der Waals surface area contributed by atoms with E-state index < -0.39 is 0 Å². The summed E-state index contributed by atoms with van der Waals surface area (Å²) in [7, 11) is 0. The zero-order chi connectivity index (χ0) is 23.0. The first-order chi connectivity index (χ1) is 16.2. The Bertz CT molecular complexity index is 1340. The van der Waals surface area contributed by atoms with Crippen LogP contribution in [0.5, 0.6) is 0 Å². The molecule has 0 heteroatoms. The van der Waals surface area contributed by atoms with Crippen LogP contribution >= 0.6 is 0 Å². The quantitative estimate of drug-likeness (QED) is 0.344. The zero-order valence-corrected chi connectivity index (χ0v) is 19.6. The van der Waals surface area contributed by atoms with Crippen molar-refractivity contribution in [3.05, 3.63) is 144 Å². The van der Waals surface area contributed by atoms with Gasteiger partial charge in [-0.1, -0.05) is 133 Å². The minimum atomic E-state index is -0.362. The number of hydrogen-bond acceptors (Lipinski definition) is 0. The molecule has 0 aliphatic heterocycles. The van der Waals surface area contributed by atoms with Crippen molar-refractivity contribution in [2.75, 3.05) is 0 Å². The lowest BCUT2D eigenvalue weighted by molar-refractivity contribution is 0.777. The van der Waals surface area contributed by atoms with E-state index in [1.807, 2.05) is 6.08 Å². The van der Waals surface area contributed by atoms with Crippen molar-refractivity contribution in [2.45, 2.75) is 47.0 Å². The summed E-state index contributed by atoms with van der Waals surface area (Å²) < 4.78 is 0. The average molecular weight is 459 g/mol. The Morgan fingerprint density at radius 1 is 0.714 bits per heavy atom. The van der Waals surface area contributed by atoms with Gasteiger partial charge in [0.25, 0.3) is 0 Å². The van der Waals surface area contributed by atoms with E-state index in [9.17, 15) is 0 Å². The van der Waals surface area contributed by atoms with Crippen LogP contribution in [-0.2, 0) is 5.41 Å². The van der Waals surface area contributed by atoms with Crippen LogP contribution in [0.1, 0.15) is 63.8 Å². The highest BCUT2D eigenvalue weighted by Crippen LogP contribution is 2.62. The molecule has 5 rings (SSSR count). The first kappa shape index (κ1) is 26.0. The lowest BCUT2D eigenvalue weighted by Crippen LogP contribution is -2.27. The van der Waals surface area contributed by atoms with Gasteiger partial charge in [0, 0.05) is 0 Å². The Morgan fingerprint density at radius 2 is 1.43 bits per heavy atom. The fourth-order valence-electron chi connectivity index (χ4n) is 5.89. The van der Waals surface area contributed by atoms with E-state index in [2.05, 4.69) is 118 Å². The topological polar surface area (TPSA) is 0 Å². The standard InChI is InChI=1S/C33H30.2CH4/c1-5-9-18-30-26(7-3)27-17-13-14-19-31(27)33(30)29(8-4)25(6-2)28-21-20-24(22-32(28)33)23-15-11-10-12-16-23;;/h6,8-22H,2,4-5,7H2,1,3H3;2*1H4/b18-9-;;. The van der Waals surface area contributed by atoms with Crippen LogP contribution < -0.4 is 0 Å². The molecule has 0 radical (unpaired) electrons. The van der Waals surface area contributed by atoms with E-state index in [0.717, 1.165) is 12.8 Å². The molecule has 178 valence electrons. The maximum atomic E-state index is 4.31. The van der Waals surface area contributed by atoms with Crippen LogP contribution in [0.2, 0.25) is 0 Å². The maximum absolute atomic E-state index is 4.31. The lowest BCUT2D eigenvalue weighted by Gasteiger charge is -2.33. The number of allylic oxidation sites excluding steroid dienone is 8. The van der Waals surface area contributed by atoms with Crippen LogP contribution in [0.4, 0.5) is 0 Å². The first-order valence-corrected chi connectivity index (χ1v) is 11.9. The molecule has 0 aromatic heterocycles. The van der Waals surface area contributed by atoms with Gasteiger partial charge in [-0.05, 0) is 74.6 Å². The van der Waals surface area contributed by atoms with Gasteiger partial charge in [-0.2, -0.15) is 0 Å². The van der Waals surface area contributed by atoms with Crippen molar-refractivity contribution in [2.24, 2.45) is 0 Å². The second kappa shape index (κ2) is 10.3. The van der Waals surface area contributed by atoms with Crippen molar-refractivity contribution in [3.8, 4) is 11.1 Å². The highest BCUT2D eigenvalue weighted by atomic mass is 14.5. The van der Waals surface area contributed by atoms with Crippen molar-refractivity contribution in [1.29, 1.82) is 0 Å². The van der Waals surface area contributed by atoms with Gasteiger partial charge in [0.05, 0.1) is 5.41 Å². The second-order valence-electron chi connectivity index (χ2n) is 8.71. The van der Waals surface area contributed by atoms with Crippen molar-refractivity contribution < 1.29 is 0 Å². The summed E-state index contributed by atoms with van der Waals surface area (Å²) in [4.78, 5) is 0. The minimum absolute atomic E-state index is 0. The molecule has 1 unspecified atom stereocenters. The lowest BCUT2D eigenvalue weighted by atomic mass is 9.68. The smallest absolute Gasteiger partial charge is 0.0722 e. The van der Waals surface area contributed by atoms with E-state index in [-0.39, 0.29) is 20.3 Å². The molecule has 2 aliphatic carbocycles. The van der Waals surface area contributed by atoms with E-state index in [1.54, 1.807) is 0 Å². The fraction of sp³-hybridized carbons (Fsp3) is 0.200. The molecule has 3 aromatic carbocycles. The highest BCUT2D eigenvalue weighted by Gasteiger charge is 2.51. The molecular weight excluding hydrogens is 420 g/mol. The van der Waals surface area contributed by atoms with Gasteiger partial charge in [-0.25, -0.2) is 0 Å². The minimum Gasteiger partial charge on any atom is -0.0987 e. The predicted octanol–water partition coefficient (Wildman–Crippen LogP) is 10.2. The molecule has 35 heavy (non-hydrogen) atoms. The molecule has 0 N–H and O–H groups in total. The van der Waals surface area contributed by atoms with E-state index in [1.165, 1.54) is 55.7 Å². The van der Waals surface area contributed by atoms with E-state index >= 15 is 0 Å². The second-order valence-corrected chi connectivity index (χ2v) is 8.71. The Balaban J connectivity index is 0.00000171. The SMILES string of the molecule is C.C.C=CC1=C(C=C)C2(C(/C=C\CC)=C(CC)c3ccccc32)c2cc(-c3ccccc3)ccc21. The first-order valence-electron chi connectivity index (χ1n) is 11.9. The molecule has 0 bridgehead atoms. The Labute approximate surface area is 212 Å². The van der Waals surface area contributed by atoms with Crippen LogP contribution in [0.3, 0.4) is 0 Å². The summed E-state index contributed by atoms with van der Waals surface area (Å²) in [5.74, 6) is 0. The van der Waals surface area contributed by atoms with E-state index in [4.69, 9.17) is 0 Å². The van der Waals surface area contributed by atoms with E-state index in [0.29, 0.717) is 0 Å².